The van der Waals surface area contributed by atoms with Crippen LogP contribution in [0.25, 0.3) is 22.3 Å². The van der Waals surface area contributed by atoms with Crippen LogP contribution in [-0.4, -0.2) is 114 Å². The number of nitrogen functional groups attached to an aromatic ring is 1. The van der Waals surface area contributed by atoms with Gasteiger partial charge < -0.3 is 49.8 Å². The molecule has 24 heteroatoms. The van der Waals surface area contributed by atoms with Crippen molar-refractivity contribution in [1.82, 2.24) is 39.0 Å². The van der Waals surface area contributed by atoms with E-state index in [1.165, 1.54) is 15.5 Å². The van der Waals surface area contributed by atoms with Crippen LogP contribution in [0.3, 0.4) is 0 Å². The third-order valence-corrected chi connectivity index (χ3v) is 8.46. The second-order valence-corrected chi connectivity index (χ2v) is 11.8. The van der Waals surface area contributed by atoms with Gasteiger partial charge in [0, 0.05) is 0 Å². The highest BCUT2D eigenvalue weighted by Crippen LogP contribution is 2.50. The maximum Gasteiger partial charge on any atom is 0.472 e. The van der Waals surface area contributed by atoms with Crippen LogP contribution in [0.2, 0.25) is 0 Å². The number of nitrogens with two attached hydrogens (primary N) is 1. The number of fused-ring (bicyclic) bond motifs is 2. The highest BCUT2D eigenvalue weighted by atomic mass is 31.2. The number of ether oxygens (including phenoxy) is 2. The molecule has 8 N–H and O–H groups in total. The summed E-state index contributed by atoms with van der Waals surface area (Å²) in [5, 5.41) is 31.3. The summed E-state index contributed by atoms with van der Waals surface area (Å²) in [7, 11) is -8.79. The fourth-order valence-electron chi connectivity index (χ4n) is 5.01. The molecular weight excluding hydrogens is 636 g/mol. The average Bonchev–Trinajstić information content (AvgIpc) is 3.74. The Hall–Kier alpha value is -3.24. The maximum absolute atomic E-state index is 13.1. The first-order chi connectivity index (χ1) is 21.0. The number of aromatic amines is 1. The molecule has 44 heavy (non-hydrogen) atoms. The number of H-pyrrole nitrogens is 1. The van der Waals surface area contributed by atoms with Gasteiger partial charge in [0.2, 0.25) is 0 Å². The van der Waals surface area contributed by atoms with Crippen molar-refractivity contribution >= 4 is 44.2 Å². The molecule has 2 aliphatic rings. The molecule has 2 fully saturated rings. The summed E-state index contributed by atoms with van der Waals surface area (Å²) < 4.78 is 53.8. The molecule has 6 heterocycles. The number of nitrogens with zero attached hydrogens (tertiary/aromatic N) is 7. The van der Waals surface area contributed by atoms with Gasteiger partial charge in [-0.15, -0.1) is 0 Å². The van der Waals surface area contributed by atoms with Crippen LogP contribution in [0.5, 0.6) is 0 Å². The van der Waals surface area contributed by atoms with E-state index in [1.807, 2.05) is 0 Å². The van der Waals surface area contributed by atoms with Gasteiger partial charge in [0.05, 0.1) is 32.2 Å². The Labute approximate surface area is 244 Å². The fourth-order valence-corrected chi connectivity index (χ4v) is 6.47. The van der Waals surface area contributed by atoms with E-state index in [4.69, 9.17) is 28.8 Å². The zero-order chi connectivity index (χ0) is 31.3. The summed E-state index contributed by atoms with van der Waals surface area (Å²) in [4.78, 5) is 54.4. The van der Waals surface area contributed by atoms with Gasteiger partial charge >= 0.3 is 16.1 Å². The minimum Gasteiger partial charge on any atom is -0.394 e. The van der Waals surface area contributed by atoms with Crippen molar-refractivity contribution in [2.24, 2.45) is 0 Å². The van der Waals surface area contributed by atoms with Crippen molar-refractivity contribution in [3.05, 3.63) is 35.7 Å². The second kappa shape index (κ2) is 11.9. The Kier molecular flexibility index (Phi) is 8.34. The van der Waals surface area contributed by atoms with Crippen molar-refractivity contribution in [2.45, 2.75) is 49.1 Å². The van der Waals surface area contributed by atoms with Crippen LogP contribution < -0.4 is 11.3 Å². The summed E-state index contributed by atoms with van der Waals surface area (Å²) in [6, 6.07) is 0. The standard InChI is InChI=1S/C20H25N9O13P2/c21-15-9-16(23-3-22-15)28(5-26-9)19-12(32)13(41-43(34)35)8(40-19)2-38-44(36,37)42-14-11(31)7(1-30)39-20(14)29-6-27-10-17(29)24-4-25-18(10)33/h3-8,11-14,19-20,30-32,43H,1-2H2,(H,34,35)(H,36,37)(H2,21,22,23)(H,24,25,33)/t7-,8-,11-,12-,13-,14-,19-,20-/m1/s1. The minimum absolute atomic E-state index is 0.00974. The van der Waals surface area contributed by atoms with Crippen LogP contribution in [-0.2, 0) is 32.2 Å². The number of anilines is 1. The molecule has 0 spiro atoms. The topological polar surface area (TPSA) is 315 Å². The number of phosphoric acid groups is 1. The molecule has 4 aromatic heterocycles. The van der Waals surface area contributed by atoms with Crippen molar-refractivity contribution < 1.29 is 57.3 Å². The lowest BCUT2D eigenvalue weighted by molar-refractivity contribution is -0.0609. The lowest BCUT2D eigenvalue weighted by atomic mass is 10.1. The number of hydrogen-bond donors (Lipinski definition) is 7. The van der Waals surface area contributed by atoms with Crippen molar-refractivity contribution in [3.63, 3.8) is 0 Å². The van der Waals surface area contributed by atoms with Gasteiger partial charge in [0.15, 0.2) is 35.1 Å². The van der Waals surface area contributed by atoms with E-state index in [9.17, 15) is 39.0 Å². The van der Waals surface area contributed by atoms with Gasteiger partial charge in [0.1, 0.15) is 48.5 Å². The molecule has 0 bridgehead atoms. The molecule has 2 aliphatic heterocycles. The molecule has 22 nitrogen and oxygen atoms in total. The van der Waals surface area contributed by atoms with Crippen LogP contribution >= 0.6 is 16.1 Å². The van der Waals surface area contributed by atoms with E-state index in [1.54, 1.807) is 0 Å². The Morgan fingerprint density at radius 2 is 1.68 bits per heavy atom. The zero-order valence-corrected chi connectivity index (χ0v) is 23.9. The molecule has 238 valence electrons. The number of phosphoric ester groups is 1. The van der Waals surface area contributed by atoms with Gasteiger partial charge in [0.25, 0.3) is 5.56 Å². The molecule has 2 unspecified atom stereocenters. The third-order valence-electron chi connectivity index (χ3n) is 7.00. The number of hydrogen-bond acceptors (Lipinski definition) is 17. The average molecular weight is 661 g/mol. The van der Waals surface area contributed by atoms with Gasteiger partial charge in [-0.25, -0.2) is 29.5 Å². The molecule has 2 saturated heterocycles. The first-order valence-electron chi connectivity index (χ1n) is 12.7. The summed E-state index contributed by atoms with van der Waals surface area (Å²) in [6.45, 7) is -1.53. The van der Waals surface area contributed by atoms with E-state index in [2.05, 4.69) is 29.9 Å². The molecule has 0 aromatic carbocycles. The number of aliphatic hydroxyl groups is 3. The Balaban J connectivity index is 1.22. The first kappa shape index (κ1) is 30.8. The smallest absolute Gasteiger partial charge is 0.394 e. The molecule has 6 rings (SSSR count). The molecule has 10 atom stereocenters. The zero-order valence-electron chi connectivity index (χ0n) is 22.0. The summed E-state index contributed by atoms with van der Waals surface area (Å²) in [5.41, 5.74) is 5.45. The third kappa shape index (κ3) is 5.55. The van der Waals surface area contributed by atoms with Gasteiger partial charge in [-0.2, -0.15) is 0 Å². The van der Waals surface area contributed by atoms with Crippen LogP contribution in [0, 0.1) is 0 Å². The molecule has 4 aromatic rings. The van der Waals surface area contributed by atoms with E-state index >= 15 is 0 Å². The summed E-state index contributed by atoms with van der Waals surface area (Å²) in [5.74, 6) is 0.0406. The normalized spacial score (nSPS) is 31.1. The van der Waals surface area contributed by atoms with Gasteiger partial charge in [-0.05, 0) is 0 Å². The summed E-state index contributed by atoms with van der Waals surface area (Å²) in [6.07, 6.45) is -7.31. The molecule has 0 radical (unpaired) electrons. The number of rotatable bonds is 10. The fraction of sp³-hybridized carbons (Fsp3) is 0.500. The van der Waals surface area contributed by atoms with E-state index in [0.29, 0.717) is 0 Å². The monoisotopic (exact) mass is 661 g/mol. The number of imidazole rings is 2. The Bertz CT molecular complexity index is 1800. The van der Waals surface area contributed by atoms with Crippen LogP contribution in [0.4, 0.5) is 5.82 Å². The lowest BCUT2D eigenvalue weighted by Crippen LogP contribution is -2.36. The van der Waals surface area contributed by atoms with Gasteiger partial charge in [-0.3, -0.25) is 27.5 Å². The highest BCUT2D eigenvalue weighted by molar-refractivity contribution is 7.47. The van der Waals surface area contributed by atoms with E-state index in [-0.39, 0.29) is 28.1 Å². The van der Waals surface area contributed by atoms with Gasteiger partial charge in [-0.1, -0.05) is 0 Å². The first-order valence-corrected chi connectivity index (χ1v) is 15.4. The highest BCUT2D eigenvalue weighted by Gasteiger charge is 2.51. The Morgan fingerprint density at radius 3 is 2.41 bits per heavy atom. The van der Waals surface area contributed by atoms with Crippen LogP contribution in [0.1, 0.15) is 12.5 Å². The van der Waals surface area contributed by atoms with Crippen molar-refractivity contribution in [1.29, 1.82) is 0 Å². The predicted molar refractivity (Wildman–Crippen MR) is 142 cm³/mol. The minimum atomic E-state index is -5.13. The van der Waals surface area contributed by atoms with Crippen molar-refractivity contribution in [3.8, 4) is 0 Å². The quantitative estimate of drug-likeness (QED) is 0.0851. The predicted octanol–water partition coefficient (Wildman–Crippen LogP) is -2.68. The Morgan fingerprint density at radius 1 is 1.00 bits per heavy atom. The second-order valence-electron chi connectivity index (χ2n) is 9.62. The van der Waals surface area contributed by atoms with E-state index < -0.39 is 83.9 Å². The molecule has 0 saturated carbocycles. The summed E-state index contributed by atoms with van der Waals surface area (Å²) >= 11 is 0. The molecule has 0 amide bonds. The largest absolute Gasteiger partial charge is 0.472 e. The molecule has 0 aliphatic carbocycles. The SMILES string of the molecule is Nc1ncnc2c1ncn2[C@@H]1O[C@H](COP(=O)(O)O[C@@H]2[C@H](O)[C@@H](CO)O[C@H]2n2cnc3c(=O)[nH]cnc32)[C@@H](O[PH](=O)O)[C@H]1O. The molecular formula is C20H25N9O13P2. The number of nitrogens with one attached hydrogen (secondary N) is 1. The van der Waals surface area contributed by atoms with E-state index in [0.717, 1.165) is 19.0 Å². The lowest BCUT2D eigenvalue weighted by Gasteiger charge is -2.25. The van der Waals surface area contributed by atoms with Crippen molar-refractivity contribution in [2.75, 3.05) is 18.9 Å². The van der Waals surface area contributed by atoms with Crippen LogP contribution in [0.15, 0.2) is 30.1 Å². The number of aromatic nitrogens is 8. The number of aliphatic hydroxyl groups excluding tert-OH is 3. The maximum atomic E-state index is 13.1.